The van der Waals surface area contributed by atoms with E-state index < -0.39 is 0 Å². The lowest BCUT2D eigenvalue weighted by Crippen LogP contribution is -2.38. The van der Waals surface area contributed by atoms with E-state index in [2.05, 4.69) is 12.2 Å². The molecule has 0 radical (unpaired) electrons. The lowest BCUT2D eigenvalue weighted by molar-refractivity contribution is -0.122. The molecule has 3 nitrogen and oxygen atoms in total. The number of nitrogen functional groups attached to an aromatic ring is 1. The maximum Gasteiger partial charge on any atom is 0.220 e. The maximum absolute atomic E-state index is 12.1. The molecule has 1 saturated carbocycles. The van der Waals surface area contributed by atoms with Gasteiger partial charge in [0.05, 0.1) is 0 Å². The van der Waals surface area contributed by atoms with Crippen LogP contribution < -0.4 is 11.1 Å². The summed E-state index contributed by atoms with van der Waals surface area (Å²) in [6, 6.07) is 8.08. The molecule has 0 aliphatic heterocycles. The summed E-state index contributed by atoms with van der Waals surface area (Å²) < 4.78 is 0. The van der Waals surface area contributed by atoms with E-state index in [4.69, 9.17) is 5.73 Å². The van der Waals surface area contributed by atoms with Crippen LogP contribution in [0.1, 0.15) is 57.4 Å². The summed E-state index contributed by atoms with van der Waals surface area (Å²) >= 11 is 0. The minimum Gasteiger partial charge on any atom is -0.399 e. The van der Waals surface area contributed by atoms with Crippen molar-refractivity contribution in [3.05, 3.63) is 29.8 Å². The molecule has 1 aliphatic carbocycles. The number of anilines is 1. The first kappa shape index (κ1) is 15.9. The first-order chi connectivity index (χ1) is 10.1. The first-order valence-corrected chi connectivity index (χ1v) is 8.29. The van der Waals surface area contributed by atoms with Gasteiger partial charge in [-0.05, 0) is 49.8 Å². The fourth-order valence-corrected chi connectivity index (χ4v) is 3.20. The monoisotopic (exact) mass is 288 g/mol. The second-order valence-electron chi connectivity index (χ2n) is 6.35. The molecule has 0 saturated heterocycles. The summed E-state index contributed by atoms with van der Waals surface area (Å²) in [5.41, 5.74) is 7.60. The highest BCUT2D eigenvalue weighted by Gasteiger charge is 2.20. The molecule has 0 spiro atoms. The van der Waals surface area contributed by atoms with Crippen LogP contribution >= 0.6 is 0 Å². The number of amides is 1. The Balaban J connectivity index is 1.74. The molecule has 21 heavy (non-hydrogen) atoms. The van der Waals surface area contributed by atoms with Crippen LogP contribution in [-0.4, -0.2) is 11.9 Å². The van der Waals surface area contributed by atoms with Gasteiger partial charge in [0.2, 0.25) is 5.91 Å². The lowest BCUT2D eigenvalue weighted by atomic mass is 9.93. The Hall–Kier alpha value is -1.51. The predicted octanol–water partition coefficient (Wildman–Crippen LogP) is 3.68. The summed E-state index contributed by atoms with van der Waals surface area (Å²) in [4.78, 5) is 12.1. The molecule has 1 fully saturated rings. The number of aryl methyl sites for hydroxylation is 1. The quantitative estimate of drug-likeness (QED) is 0.641. The topological polar surface area (TPSA) is 55.1 Å². The molecular formula is C18H28N2O. The van der Waals surface area contributed by atoms with E-state index >= 15 is 0 Å². The largest absolute Gasteiger partial charge is 0.399 e. The third-order valence-corrected chi connectivity index (χ3v) is 4.62. The Morgan fingerprint density at radius 2 is 1.81 bits per heavy atom. The minimum atomic E-state index is 0.170. The van der Waals surface area contributed by atoms with Gasteiger partial charge in [-0.3, -0.25) is 4.79 Å². The number of carbonyl (C=O) groups excluding carboxylic acids is 1. The third-order valence-electron chi connectivity index (χ3n) is 4.62. The third kappa shape index (κ3) is 5.41. The molecule has 3 N–H and O–H groups in total. The van der Waals surface area contributed by atoms with E-state index in [1.807, 2.05) is 24.3 Å². The molecule has 0 unspecified atom stereocenters. The average molecular weight is 288 g/mol. The van der Waals surface area contributed by atoms with Crippen molar-refractivity contribution in [3.8, 4) is 0 Å². The fourth-order valence-electron chi connectivity index (χ4n) is 3.20. The summed E-state index contributed by atoms with van der Waals surface area (Å²) in [6.07, 6.45) is 9.21. The second-order valence-corrected chi connectivity index (χ2v) is 6.35. The van der Waals surface area contributed by atoms with Gasteiger partial charge in [0.15, 0.2) is 0 Å². The van der Waals surface area contributed by atoms with Gasteiger partial charge in [-0.25, -0.2) is 0 Å². The van der Waals surface area contributed by atoms with Crippen LogP contribution in [0.25, 0.3) is 0 Å². The van der Waals surface area contributed by atoms with Crippen LogP contribution in [0.3, 0.4) is 0 Å². The van der Waals surface area contributed by atoms with Gasteiger partial charge in [0.25, 0.3) is 0 Å². The van der Waals surface area contributed by atoms with Crippen LogP contribution in [0.2, 0.25) is 0 Å². The van der Waals surface area contributed by atoms with Crippen LogP contribution in [0, 0.1) is 5.92 Å². The van der Waals surface area contributed by atoms with Crippen LogP contribution in [-0.2, 0) is 11.2 Å². The normalized spacial score (nSPS) is 18.0. The van der Waals surface area contributed by atoms with Crippen LogP contribution in [0.5, 0.6) is 0 Å². The van der Waals surface area contributed by atoms with E-state index in [9.17, 15) is 4.79 Å². The smallest absolute Gasteiger partial charge is 0.220 e. The number of hydrogen-bond acceptors (Lipinski definition) is 2. The lowest BCUT2D eigenvalue weighted by Gasteiger charge is -2.23. The number of carbonyl (C=O) groups is 1. The maximum atomic E-state index is 12.1. The molecule has 1 aliphatic rings. The molecule has 0 bridgehead atoms. The molecule has 1 aromatic rings. The van der Waals surface area contributed by atoms with Crippen molar-refractivity contribution in [3.63, 3.8) is 0 Å². The van der Waals surface area contributed by atoms with Crippen molar-refractivity contribution in [1.29, 1.82) is 0 Å². The molecule has 1 aromatic carbocycles. The average Bonchev–Trinajstić information content (AvgIpc) is 2.76. The Labute approximate surface area is 128 Å². The van der Waals surface area contributed by atoms with E-state index in [0.717, 1.165) is 12.1 Å². The summed E-state index contributed by atoms with van der Waals surface area (Å²) in [6.45, 7) is 2.16. The van der Waals surface area contributed by atoms with E-state index in [-0.39, 0.29) is 5.91 Å². The Morgan fingerprint density at radius 1 is 1.19 bits per heavy atom. The van der Waals surface area contributed by atoms with E-state index in [0.29, 0.717) is 18.4 Å². The zero-order valence-corrected chi connectivity index (χ0v) is 13.1. The van der Waals surface area contributed by atoms with Crippen molar-refractivity contribution in [1.82, 2.24) is 5.32 Å². The van der Waals surface area contributed by atoms with E-state index in [1.54, 1.807) is 0 Å². The molecule has 116 valence electrons. The number of hydrogen-bond donors (Lipinski definition) is 2. The zero-order chi connectivity index (χ0) is 15.1. The summed E-state index contributed by atoms with van der Waals surface area (Å²) in [5.74, 6) is 0.830. The molecular weight excluding hydrogens is 260 g/mol. The molecule has 0 aromatic heterocycles. The van der Waals surface area contributed by atoms with Crippen LogP contribution in [0.15, 0.2) is 24.3 Å². The molecule has 2 rings (SSSR count). The number of benzene rings is 1. The van der Waals surface area contributed by atoms with Gasteiger partial charge < -0.3 is 11.1 Å². The SMILES string of the molecule is C[C@@H](NC(=O)CCc1ccc(N)cc1)C1CCCCCC1. The van der Waals surface area contributed by atoms with Gasteiger partial charge in [0, 0.05) is 18.2 Å². The second kappa shape index (κ2) is 8.06. The van der Waals surface area contributed by atoms with Gasteiger partial charge in [0.1, 0.15) is 0 Å². The fraction of sp³-hybridized carbons (Fsp3) is 0.611. The minimum absolute atomic E-state index is 0.170. The molecule has 1 atom stereocenters. The zero-order valence-electron chi connectivity index (χ0n) is 13.1. The Morgan fingerprint density at radius 3 is 2.43 bits per heavy atom. The van der Waals surface area contributed by atoms with Gasteiger partial charge in [-0.1, -0.05) is 37.8 Å². The number of nitrogens with one attached hydrogen (secondary N) is 1. The Kier molecular flexibility index (Phi) is 6.09. The standard InChI is InChI=1S/C18H28N2O/c1-14(16-6-4-2-3-5-7-16)20-18(21)13-10-15-8-11-17(19)12-9-15/h8-9,11-12,14,16H,2-7,10,13,19H2,1H3,(H,20,21)/t14-/m1/s1. The first-order valence-electron chi connectivity index (χ1n) is 8.29. The van der Waals surface area contributed by atoms with E-state index in [1.165, 1.54) is 44.1 Å². The number of nitrogens with two attached hydrogens (primary N) is 1. The molecule has 3 heteroatoms. The molecule has 1 amide bonds. The highest BCUT2D eigenvalue weighted by atomic mass is 16.1. The van der Waals surface area contributed by atoms with Gasteiger partial charge in [-0.2, -0.15) is 0 Å². The summed E-state index contributed by atoms with van der Waals surface area (Å²) in [7, 11) is 0. The van der Waals surface area contributed by atoms with Crippen molar-refractivity contribution < 1.29 is 4.79 Å². The van der Waals surface area contributed by atoms with Crippen molar-refractivity contribution >= 4 is 11.6 Å². The van der Waals surface area contributed by atoms with Crippen LogP contribution in [0.4, 0.5) is 5.69 Å². The Bertz CT molecular complexity index is 433. The van der Waals surface area contributed by atoms with Gasteiger partial charge >= 0.3 is 0 Å². The van der Waals surface area contributed by atoms with Crippen molar-refractivity contribution in [2.24, 2.45) is 5.92 Å². The summed E-state index contributed by atoms with van der Waals surface area (Å²) in [5, 5.41) is 3.20. The highest BCUT2D eigenvalue weighted by Crippen LogP contribution is 2.25. The predicted molar refractivity (Wildman–Crippen MR) is 88.0 cm³/mol. The number of rotatable bonds is 5. The highest BCUT2D eigenvalue weighted by molar-refractivity contribution is 5.76. The van der Waals surface area contributed by atoms with Crippen molar-refractivity contribution in [2.45, 2.75) is 64.3 Å². The molecule has 0 heterocycles. The van der Waals surface area contributed by atoms with Crippen molar-refractivity contribution in [2.75, 3.05) is 5.73 Å². The van der Waals surface area contributed by atoms with Gasteiger partial charge in [-0.15, -0.1) is 0 Å².